The van der Waals surface area contributed by atoms with Crippen LogP contribution in [0.3, 0.4) is 0 Å². The van der Waals surface area contributed by atoms with Crippen LogP contribution < -0.4 is 28.4 Å². The lowest BCUT2D eigenvalue weighted by molar-refractivity contribution is -0.287. The summed E-state index contributed by atoms with van der Waals surface area (Å²) in [7, 11) is 0. The Hall–Kier alpha value is -6.06. The maximum atomic E-state index is 14.8. The Morgan fingerprint density at radius 3 is 1.39 bits per heavy atom. The summed E-state index contributed by atoms with van der Waals surface area (Å²) in [4.78, 5) is 47.6. The van der Waals surface area contributed by atoms with Crippen molar-refractivity contribution in [3.63, 3.8) is 0 Å². The van der Waals surface area contributed by atoms with Crippen molar-refractivity contribution in [2.24, 2.45) is 0 Å². The van der Waals surface area contributed by atoms with Gasteiger partial charge in [-0.1, -0.05) is 13.2 Å². The van der Waals surface area contributed by atoms with Crippen molar-refractivity contribution < 1.29 is 74.6 Å². The van der Waals surface area contributed by atoms with Crippen molar-refractivity contribution >= 4 is 23.9 Å². The number of hydrogen-bond donors (Lipinski definition) is 0. The normalized spacial score (nSPS) is 12.3. The summed E-state index contributed by atoms with van der Waals surface area (Å²) in [6.45, 7) is 7.15. The number of hydrogen-bond acceptors (Lipinski definition) is 12. The highest BCUT2D eigenvalue weighted by atomic mass is 19.3. The van der Waals surface area contributed by atoms with E-state index in [2.05, 4.69) is 22.6 Å². The Bertz CT molecular complexity index is 1670. The van der Waals surface area contributed by atoms with Gasteiger partial charge >= 0.3 is 30.2 Å². The van der Waals surface area contributed by atoms with Gasteiger partial charge in [-0.05, 0) is 62.1 Å². The molecule has 0 bridgehead atoms. The topological polar surface area (TPSA) is 142 Å². The van der Waals surface area contributed by atoms with Crippen molar-refractivity contribution in [2.75, 3.05) is 26.4 Å². The van der Waals surface area contributed by atoms with Crippen LogP contribution in [0.2, 0.25) is 0 Å². The molecule has 0 N–H and O–H groups in total. The van der Waals surface area contributed by atoms with E-state index in [1.165, 1.54) is 12.1 Å². The van der Waals surface area contributed by atoms with Crippen LogP contribution in [0.1, 0.15) is 46.4 Å². The summed E-state index contributed by atoms with van der Waals surface area (Å²) in [6, 6.07) is 8.35. The number of ether oxygens (including phenoxy) is 8. The Kier molecular flexibility index (Phi) is 13.0. The molecule has 0 amide bonds. The second kappa shape index (κ2) is 17.6. The zero-order chi connectivity index (χ0) is 37.0. The van der Waals surface area contributed by atoms with Gasteiger partial charge in [0.25, 0.3) is 0 Å². The highest BCUT2D eigenvalue weighted by molar-refractivity contribution is 5.93. The molecule has 0 aromatic heterocycles. The minimum atomic E-state index is -4.28. The molecule has 270 valence electrons. The van der Waals surface area contributed by atoms with E-state index in [0.717, 1.165) is 48.6 Å². The van der Waals surface area contributed by atoms with E-state index in [0.29, 0.717) is 25.7 Å². The number of halogens is 4. The third-order valence-corrected chi connectivity index (χ3v) is 6.64. The van der Waals surface area contributed by atoms with Crippen LogP contribution in [0, 0.1) is 11.6 Å². The van der Waals surface area contributed by atoms with Gasteiger partial charge in [0, 0.05) is 24.3 Å². The molecule has 0 fully saturated rings. The van der Waals surface area contributed by atoms with Crippen molar-refractivity contribution in [1.82, 2.24) is 0 Å². The Labute approximate surface area is 288 Å². The number of esters is 4. The van der Waals surface area contributed by atoms with Gasteiger partial charge in [0.1, 0.15) is 23.1 Å². The molecular weight excluding hydrogens is 688 g/mol. The molecule has 3 aromatic rings. The number of fused-ring (bicyclic) bond motifs is 1. The quantitative estimate of drug-likeness (QED) is 0.0466. The Morgan fingerprint density at radius 1 is 0.627 bits per heavy atom. The van der Waals surface area contributed by atoms with Crippen molar-refractivity contribution in [2.45, 2.75) is 32.0 Å². The molecule has 4 rings (SSSR count). The number of rotatable bonds is 18. The molecule has 51 heavy (non-hydrogen) atoms. The molecule has 16 heteroatoms. The van der Waals surface area contributed by atoms with Gasteiger partial charge in [0.05, 0.1) is 37.6 Å². The predicted octanol–water partition coefficient (Wildman–Crippen LogP) is 6.50. The third kappa shape index (κ3) is 10.7. The summed E-state index contributed by atoms with van der Waals surface area (Å²) in [5, 5.41) is 0. The lowest BCUT2D eigenvalue weighted by Crippen LogP contribution is -2.26. The summed E-state index contributed by atoms with van der Waals surface area (Å²) >= 11 is 0. The summed E-state index contributed by atoms with van der Waals surface area (Å²) < 4.78 is 97.5. The predicted molar refractivity (Wildman–Crippen MR) is 167 cm³/mol. The van der Waals surface area contributed by atoms with E-state index >= 15 is 0 Å². The summed E-state index contributed by atoms with van der Waals surface area (Å²) in [5.41, 5.74) is -1.16. The van der Waals surface area contributed by atoms with E-state index in [9.17, 15) is 36.7 Å². The van der Waals surface area contributed by atoms with Gasteiger partial charge in [-0.15, -0.1) is 8.78 Å². The van der Waals surface area contributed by atoms with E-state index in [4.69, 9.17) is 28.4 Å². The fraction of sp³-hybridized carbons (Fsp3) is 0.257. The lowest BCUT2D eigenvalue weighted by Gasteiger charge is -2.12. The highest BCUT2D eigenvalue weighted by Gasteiger charge is 2.47. The van der Waals surface area contributed by atoms with Crippen LogP contribution in [0.5, 0.6) is 34.5 Å². The first-order valence-corrected chi connectivity index (χ1v) is 15.2. The average Bonchev–Trinajstić information content (AvgIpc) is 3.44. The first kappa shape index (κ1) is 37.8. The van der Waals surface area contributed by atoms with E-state index < -0.39 is 75.9 Å². The molecule has 0 aliphatic carbocycles. The molecule has 12 nitrogen and oxygen atoms in total. The molecular formula is C35H30F4O12. The van der Waals surface area contributed by atoms with Gasteiger partial charge in [-0.3, -0.25) is 0 Å². The second-order valence-electron chi connectivity index (χ2n) is 10.3. The Morgan fingerprint density at radius 2 is 1.02 bits per heavy atom. The monoisotopic (exact) mass is 718 g/mol. The standard InChI is InChI=1S/C35H30F4O12/c1-3-29(40)46-17-7-5-15-44-21-9-11-23(25(36)19-21)33(42)48-27-13-14-28(32-31(27)50-35(38,39)51-32)49-34(43)24-12-10-22(20-26(24)37)45-16-6-8-18-47-30(41)4-2/h3-4,9-14,19-20H,1-2,5-8,15-18H2. The van der Waals surface area contributed by atoms with Crippen LogP contribution in [0.4, 0.5) is 17.6 Å². The van der Waals surface area contributed by atoms with E-state index in [1.807, 2.05) is 0 Å². The minimum absolute atomic E-state index is 0.0786. The molecule has 0 radical (unpaired) electrons. The molecule has 0 saturated carbocycles. The van der Waals surface area contributed by atoms with E-state index in [1.54, 1.807) is 0 Å². The number of alkyl halides is 2. The molecule has 1 aliphatic heterocycles. The fourth-order valence-electron chi connectivity index (χ4n) is 4.20. The van der Waals surface area contributed by atoms with Gasteiger partial charge in [-0.25, -0.2) is 28.0 Å². The van der Waals surface area contributed by atoms with Gasteiger partial charge in [0.2, 0.25) is 11.5 Å². The maximum Gasteiger partial charge on any atom is 0.586 e. The van der Waals surface area contributed by atoms with Gasteiger partial charge in [-0.2, -0.15) is 0 Å². The zero-order valence-electron chi connectivity index (χ0n) is 26.8. The molecule has 0 unspecified atom stereocenters. The molecule has 1 heterocycles. The van der Waals surface area contributed by atoms with Gasteiger partial charge < -0.3 is 37.9 Å². The maximum absolute atomic E-state index is 14.8. The second-order valence-corrected chi connectivity index (χ2v) is 10.3. The minimum Gasteiger partial charge on any atom is -0.493 e. The van der Waals surface area contributed by atoms with Gasteiger partial charge in [0.15, 0.2) is 11.5 Å². The Balaban J connectivity index is 1.36. The smallest absolute Gasteiger partial charge is 0.493 e. The molecule has 1 aliphatic rings. The SMILES string of the molecule is C=CC(=O)OCCCCOc1ccc(C(=O)Oc2ccc(OC(=O)c3ccc(OCCCCOC(=O)C=C)cc3F)c3c2OC(F)(F)O3)c(F)c1. The molecule has 3 aromatic carbocycles. The lowest BCUT2D eigenvalue weighted by atomic mass is 10.2. The summed E-state index contributed by atoms with van der Waals surface area (Å²) in [6.07, 6.45) is -0.331. The fourth-order valence-corrected chi connectivity index (χ4v) is 4.20. The molecule has 0 spiro atoms. The van der Waals surface area contributed by atoms with Crippen LogP contribution in [0.25, 0.3) is 0 Å². The number of benzene rings is 3. The van der Waals surface area contributed by atoms with E-state index in [-0.39, 0.29) is 37.9 Å². The van der Waals surface area contributed by atoms with Crippen LogP contribution in [-0.4, -0.2) is 56.6 Å². The molecule has 0 atom stereocenters. The zero-order valence-corrected chi connectivity index (χ0v) is 26.8. The molecule has 0 saturated heterocycles. The number of unbranched alkanes of at least 4 members (excludes halogenated alkanes) is 2. The summed E-state index contributed by atoms with van der Waals surface area (Å²) in [5.74, 6) is -8.60. The average molecular weight is 719 g/mol. The number of carbonyl (C=O) groups is 4. The van der Waals surface area contributed by atoms with Crippen LogP contribution in [0.15, 0.2) is 73.8 Å². The van der Waals surface area contributed by atoms with Crippen molar-refractivity contribution in [3.8, 4) is 34.5 Å². The number of carbonyl (C=O) groups excluding carboxylic acids is 4. The first-order chi connectivity index (χ1) is 24.4. The highest BCUT2D eigenvalue weighted by Crippen LogP contribution is 2.52. The van der Waals surface area contributed by atoms with Crippen LogP contribution in [-0.2, 0) is 19.1 Å². The van der Waals surface area contributed by atoms with Crippen LogP contribution >= 0.6 is 0 Å². The largest absolute Gasteiger partial charge is 0.586 e. The van der Waals surface area contributed by atoms with Crippen molar-refractivity contribution in [3.05, 3.63) is 96.6 Å². The first-order valence-electron chi connectivity index (χ1n) is 15.2. The van der Waals surface area contributed by atoms with Crippen molar-refractivity contribution in [1.29, 1.82) is 0 Å². The third-order valence-electron chi connectivity index (χ3n) is 6.64.